The molecule has 0 rings (SSSR count). The average molecular weight is 264 g/mol. The molecule has 0 saturated heterocycles. The van der Waals surface area contributed by atoms with Gasteiger partial charge in [-0.3, -0.25) is 0 Å². The van der Waals surface area contributed by atoms with Gasteiger partial charge in [0.25, 0.3) is 0 Å². The Morgan fingerprint density at radius 2 is 1.37 bits per heavy atom. The first-order valence-corrected chi connectivity index (χ1v) is 7.48. The minimum absolute atomic E-state index is 0.321. The van der Waals surface area contributed by atoms with Crippen molar-refractivity contribution in [1.82, 2.24) is 0 Å². The molecule has 1 heteroatoms. The maximum absolute atomic E-state index is 5.52. The van der Waals surface area contributed by atoms with Crippen LogP contribution in [0.4, 0.5) is 0 Å². The molecule has 0 aliphatic carbocycles. The Bertz CT molecular complexity index is 315. The van der Waals surface area contributed by atoms with Crippen molar-refractivity contribution in [2.75, 3.05) is 6.61 Å². The van der Waals surface area contributed by atoms with Crippen molar-refractivity contribution in [2.45, 2.75) is 73.3 Å². The first-order valence-electron chi connectivity index (χ1n) is 7.48. The van der Waals surface area contributed by atoms with Crippen molar-refractivity contribution in [3.05, 3.63) is 34.9 Å². The fourth-order valence-corrected chi connectivity index (χ4v) is 1.72. The van der Waals surface area contributed by atoms with Crippen LogP contribution in [0.2, 0.25) is 0 Å². The van der Waals surface area contributed by atoms with E-state index in [4.69, 9.17) is 4.74 Å². The molecule has 0 fully saturated rings. The zero-order chi connectivity index (χ0) is 14.7. The standard InChI is InChI=1S/C18H32O/c1-15(2)9-7-10-17(5)11-8-12-18(6)13-14-19-16(3)4/h9,11,13,16H,7-8,10,12,14H2,1-6H3/b17-11+,18-13+. The van der Waals surface area contributed by atoms with E-state index in [0.717, 1.165) is 19.4 Å². The van der Waals surface area contributed by atoms with Gasteiger partial charge >= 0.3 is 0 Å². The largest absolute Gasteiger partial charge is 0.375 e. The first-order chi connectivity index (χ1) is 8.91. The summed E-state index contributed by atoms with van der Waals surface area (Å²) in [6.45, 7) is 13.6. The van der Waals surface area contributed by atoms with Crippen LogP contribution in [0.5, 0.6) is 0 Å². The van der Waals surface area contributed by atoms with Gasteiger partial charge in [0.05, 0.1) is 12.7 Å². The zero-order valence-electron chi connectivity index (χ0n) is 13.8. The van der Waals surface area contributed by atoms with Gasteiger partial charge in [0.1, 0.15) is 0 Å². The molecular formula is C18H32O. The molecule has 0 amide bonds. The van der Waals surface area contributed by atoms with E-state index >= 15 is 0 Å². The van der Waals surface area contributed by atoms with Crippen LogP contribution in [-0.2, 0) is 4.74 Å². The van der Waals surface area contributed by atoms with E-state index in [1.54, 1.807) is 0 Å². The van der Waals surface area contributed by atoms with Crippen molar-refractivity contribution in [3.63, 3.8) is 0 Å². The van der Waals surface area contributed by atoms with Crippen LogP contribution in [-0.4, -0.2) is 12.7 Å². The second-order valence-corrected chi connectivity index (χ2v) is 5.84. The fraction of sp³-hybridized carbons (Fsp3) is 0.667. The van der Waals surface area contributed by atoms with Crippen molar-refractivity contribution < 1.29 is 4.74 Å². The van der Waals surface area contributed by atoms with E-state index in [9.17, 15) is 0 Å². The molecule has 0 aliphatic heterocycles. The highest BCUT2D eigenvalue weighted by Gasteiger charge is 1.93. The van der Waals surface area contributed by atoms with Gasteiger partial charge in [-0.15, -0.1) is 0 Å². The number of hydrogen-bond donors (Lipinski definition) is 0. The molecule has 1 nitrogen and oxygen atoms in total. The predicted molar refractivity (Wildman–Crippen MR) is 86.5 cm³/mol. The summed E-state index contributed by atoms with van der Waals surface area (Å²) in [6.07, 6.45) is 11.8. The minimum atomic E-state index is 0.321. The lowest BCUT2D eigenvalue weighted by molar-refractivity contribution is 0.102. The van der Waals surface area contributed by atoms with Gasteiger partial charge in [-0.1, -0.05) is 34.9 Å². The molecule has 0 atom stereocenters. The van der Waals surface area contributed by atoms with Crippen LogP contribution in [0.1, 0.15) is 67.2 Å². The molecule has 0 aromatic carbocycles. The Kier molecular flexibility index (Phi) is 10.6. The third-order valence-corrected chi connectivity index (χ3v) is 2.98. The molecule has 0 heterocycles. The highest BCUT2D eigenvalue weighted by atomic mass is 16.5. The van der Waals surface area contributed by atoms with E-state index in [1.165, 1.54) is 29.6 Å². The maximum atomic E-state index is 5.52. The Balaban J connectivity index is 3.83. The lowest BCUT2D eigenvalue weighted by Gasteiger charge is -2.05. The van der Waals surface area contributed by atoms with Crippen LogP contribution in [0.25, 0.3) is 0 Å². The third-order valence-electron chi connectivity index (χ3n) is 2.98. The summed E-state index contributed by atoms with van der Waals surface area (Å²) < 4.78 is 5.52. The van der Waals surface area contributed by atoms with Gasteiger partial charge in [0.2, 0.25) is 0 Å². The summed E-state index contributed by atoms with van der Waals surface area (Å²) in [6, 6.07) is 0. The first kappa shape index (κ1) is 18.2. The summed E-state index contributed by atoms with van der Waals surface area (Å²) in [4.78, 5) is 0. The molecule has 0 unspecified atom stereocenters. The zero-order valence-corrected chi connectivity index (χ0v) is 13.8. The lowest BCUT2D eigenvalue weighted by Crippen LogP contribution is -2.01. The van der Waals surface area contributed by atoms with Gasteiger partial charge in [-0.2, -0.15) is 0 Å². The molecule has 19 heavy (non-hydrogen) atoms. The topological polar surface area (TPSA) is 9.23 Å². The summed E-state index contributed by atoms with van der Waals surface area (Å²) >= 11 is 0. The van der Waals surface area contributed by atoms with E-state index in [1.807, 2.05) is 0 Å². The molecule has 0 aromatic rings. The van der Waals surface area contributed by atoms with Crippen LogP contribution < -0.4 is 0 Å². The average Bonchev–Trinajstić information content (AvgIpc) is 2.27. The summed E-state index contributed by atoms with van der Waals surface area (Å²) in [5.41, 5.74) is 4.34. The summed E-state index contributed by atoms with van der Waals surface area (Å²) in [5.74, 6) is 0. The second-order valence-electron chi connectivity index (χ2n) is 5.84. The second kappa shape index (κ2) is 11.0. The Morgan fingerprint density at radius 3 is 1.89 bits per heavy atom. The molecule has 0 radical (unpaired) electrons. The predicted octanol–water partition coefficient (Wildman–Crippen LogP) is 5.83. The highest BCUT2D eigenvalue weighted by Crippen LogP contribution is 2.11. The summed E-state index contributed by atoms with van der Waals surface area (Å²) in [7, 11) is 0. The molecule has 0 aliphatic rings. The lowest BCUT2D eigenvalue weighted by atomic mass is 10.1. The number of hydrogen-bond acceptors (Lipinski definition) is 1. The molecule has 110 valence electrons. The van der Waals surface area contributed by atoms with Gasteiger partial charge in [0.15, 0.2) is 0 Å². The van der Waals surface area contributed by atoms with E-state index in [-0.39, 0.29) is 0 Å². The van der Waals surface area contributed by atoms with Crippen molar-refractivity contribution in [1.29, 1.82) is 0 Å². The van der Waals surface area contributed by atoms with Crippen LogP contribution in [0, 0.1) is 0 Å². The minimum Gasteiger partial charge on any atom is -0.375 e. The van der Waals surface area contributed by atoms with Crippen molar-refractivity contribution >= 4 is 0 Å². The van der Waals surface area contributed by atoms with Crippen molar-refractivity contribution in [2.24, 2.45) is 0 Å². The van der Waals surface area contributed by atoms with Crippen LogP contribution in [0.15, 0.2) is 34.9 Å². The number of allylic oxidation sites excluding steroid dienone is 5. The Hall–Kier alpha value is -0.820. The normalized spacial score (nSPS) is 13.0. The Morgan fingerprint density at radius 1 is 0.842 bits per heavy atom. The van der Waals surface area contributed by atoms with Crippen LogP contribution >= 0.6 is 0 Å². The van der Waals surface area contributed by atoms with Crippen LogP contribution in [0.3, 0.4) is 0 Å². The fourth-order valence-electron chi connectivity index (χ4n) is 1.72. The molecule has 0 bridgehead atoms. The monoisotopic (exact) mass is 264 g/mol. The molecule has 0 spiro atoms. The van der Waals surface area contributed by atoms with Crippen molar-refractivity contribution in [3.8, 4) is 0 Å². The van der Waals surface area contributed by atoms with E-state index in [0.29, 0.717) is 6.10 Å². The quantitative estimate of drug-likeness (QED) is 0.476. The smallest absolute Gasteiger partial charge is 0.0653 e. The number of rotatable bonds is 9. The maximum Gasteiger partial charge on any atom is 0.0653 e. The highest BCUT2D eigenvalue weighted by molar-refractivity contribution is 5.05. The molecular weight excluding hydrogens is 232 g/mol. The molecule has 0 N–H and O–H groups in total. The molecule has 0 saturated carbocycles. The van der Waals surface area contributed by atoms with Gasteiger partial charge in [-0.25, -0.2) is 0 Å². The summed E-state index contributed by atoms with van der Waals surface area (Å²) in [5, 5.41) is 0. The van der Waals surface area contributed by atoms with E-state index < -0.39 is 0 Å². The number of ether oxygens (including phenoxy) is 1. The van der Waals surface area contributed by atoms with Gasteiger partial charge < -0.3 is 4.74 Å². The van der Waals surface area contributed by atoms with Gasteiger partial charge in [0, 0.05) is 0 Å². The molecule has 0 aromatic heterocycles. The van der Waals surface area contributed by atoms with E-state index in [2.05, 4.69) is 59.8 Å². The van der Waals surface area contributed by atoms with Gasteiger partial charge in [-0.05, 0) is 67.2 Å². The SMILES string of the molecule is CC(C)=CCC/C(C)=C/CC/C(C)=C/COC(C)C. The Labute approximate surface area is 120 Å². The third kappa shape index (κ3) is 13.4.